The molecule has 0 aliphatic carbocycles. The largest absolute Gasteiger partial charge is 0.378 e. The lowest BCUT2D eigenvalue weighted by molar-refractivity contribution is -0.136. The van der Waals surface area contributed by atoms with E-state index < -0.39 is 0 Å². The van der Waals surface area contributed by atoms with Crippen LogP contribution in [0.2, 0.25) is 0 Å². The molecular formula is C13H22N2O2. The molecule has 1 N–H and O–H groups in total. The standard InChI is InChI=1S/C13H22N2O2/c16-13(8-10-9-17-7-6-14-10)15-11-2-1-3-12(15)5-4-11/h10-12,14H,1-9H2. The number of hydrogen-bond acceptors (Lipinski definition) is 3. The molecule has 3 unspecified atom stereocenters. The van der Waals surface area contributed by atoms with E-state index in [0.717, 1.165) is 13.2 Å². The van der Waals surface area contributed by atoms with Crippen molar-refractivity contribution in [3.63, 3.8) is 0 Å². The quantitative estimate of drug-likeness (QED) is 0.777. The smallest absolute Gasteiger partial charge is 0.224 e. The Bertz CT molecular complexity index is 273. The first-order chi connectivity index (χ1) is 8.34. The molecule has 0 aromatic rings. The van der Waals surface area contributed by atoms with Crippen LogP contribution in [0.5, 0.6) is 0 Å². The molecule has 2 bridgehead atoms. The minimum Gasteiger partial charge on any atom is -0.378 e. The van der Waals surface area contributed by atoms with Crippen molar-refractivity contribution in [3.05, 3.63) is 0 Å². The summed E-state index contributed by atoms with van der Waals surface area (Å²) in [4.78, 5) is 14.6. The van der Waals surface area contributed by atoms with Gasteiger partial charge in [0.2, 0.25) is 5.91 Å². The summed E-state index contributed by atoms with van der Waals surface area (Å²) in [6.07, 6.45) is 6.82. The molecule has 0 spiro atoms. The van der Waals surface area contributed by atoms with Gasteiger partial charge < -0.3 is 15.0 Å². The summed E-state index contributed by atoms with van der Waals surface area (Å²) in [5, 5.41) is 3.37. The van der Waals surface area contributed by atoms with Gasteiger partial charge in [-0.2, -0.15) is 0 Å². The van der Waals surface area contributed by atoms with Crippen LogP contribution in [0, 0.1) is 0 Å². The van der Waals surface area contributed by atoms with Gasteiger partial charge in [-0.1, -0.05) is 0 Å². The minimum absolute atomic E-state index is 0.234. The number of hydrogen-bond donors (Lipinski definition) is 1. The highest BCUT2D eigenvalue weighted by molar-refractivity contribution is 5.78. The van der Waals surface area contributed by atoms with E-state index >= 15 is 0 Å². The maximum atomic E-state index is 12.4. The summed E-state index contributed by atoms with van der Waals surface area (Å²) in [5.74, 6) is 0.347. The Hall–Kier alpha value is -0.610. The zero-order valence-corrected chi connectivity index (χ0v) is 10.4. The maximum Gasteiger partial charge on any atom is 0.224 e. The number of morpholine rings is 1. The van der Waals surface area contributed by atoms with Crippen LogP contribution in [0.25, 0.3) is 0 Å². The highest BCUT2D eigenvalue weighted by Crippen LogP contribution is 2.35. The normalized spacial score (nSPS) is 37.2. The fraction of sp³-hybridized carbons (Fsp3) is 0.923. The van der Waals surface area contributed by atoms with Gasteiger partial charge in [-0.05, 0) is 32.1 Å². The molecule has 3 fully saturated rings. The summed E-state index contributed by atoms with van der Waals surface area (Å²) >= 11 is 0. The van der Waals surface area contributed by atoms with Crippen molar-refractivity contribution in [1.82, 2.24) is 10.2 Å². The number of nitrogens with one attached hydrogen (secondary N) is 1. The Morgan fingerprint density at radius 2 is 2.00 bits per heavy atom. The Balaban J connectivity index is 1.58. The summed E-state index contributed by atoms with van der Waals surface area (Å²) in [7, 11) is 0. The number of carbonyl (C=O) groups excluding carboxylic acids is 1. The number of amides is 1. The van der Waals surface area contributed by atoms with E-state index in [9.17, 15) is 4.79 Å². The molecule has 3 rings (SSSR count). The van der Waals surface area contributed by atoms with Crippen LogP contribution in [0.4, 0.5) is 0 Å². The van der Waals surface area contributed by atoms with Crippen LogP contribution in [0.15, 0.2) is 0 Å². The molecule has 4 heteroatoms. The first kappa shape index (κ1) is 11.5. The third kappa shape index (κ3) is 2.33. The number of fused-ring (bicyclic) bond motifs is 2. The number of nitrogens with zero attached hydrogens (tertiary/aromatic N) is 1. The molecule has 0 aromatic heterocycles. The molecular weight excluding hydrogens is 216 g/mol. The molecule has 0 aromatic carbocycles. The zero-order valence-electron chi connectivity index (χ0n) is 10.4. The maximum absolute atomic E-state index is 12.4. The minimum atomic E-state index is 0.234. The summed E-state index contributed by atoms with van der Waals surface area (Å²) in [6.45, 7) is 2.35. The highest BCUT2D eigenvalue weighted by atomic mass is 16.5. The molecule has 3 heterocycles. The molecule has 17 heavy (non-hydrogen) atoms. The lowest BCUT2D eigenvalue weighted by Gasteiger charge is -2.36. The van der Waals surface area contributed by atoms with Crippen LogP contribution in [0.1, 0.15) is 38.5 Å². The molecule has 0 saturated carbocycles. The van der Waals surface area contributed by atoms with Gasteiger partial charge in [0.1, 0.15) is 0 Å². The van der Waals surface area contributed by atoms with E-state index in [2.05, 4.69) is 10.2 Å². The first-order valence-corrected chi connectivity index (χ1v) is 6.97. The second kappa shape index (κ2) is 4.94. The van der Waals surface area contributed by atoms with Gasteiger partial charge >= 0.3 is 0 Å². The van der Waals surface area contributed by atoms with E-state index in [4.69, 9.17) is 4.74 Å². The van der Waals surface area contributed by atoms with Crippen molar-refractivity contribution in [2.24, 2.45) is 0 Å². The van der Waals surface area contributed by atoms with Crippen molar-refractivity contribution in [2.75, 3.05) is 19.8 Å². The van der Waals surface area contributed by atoms with E-state index in [1.165, 1.54) is 32.1 Å². The SMILES string of the molecule is O=C(CC1COCCN1)N1C2CCCC1CC2. The molecule has 0 radical (unpaired) electrons. The molecule has 96 valence electrons. The number of rotatable bonds is 2. The van der Waals surface area contributed by atoms with Crippen molar-refractivity contribution in [3.8, 4) is 0 Å². The van der Waals surface area contributed by atoms with Gasteiger partial charge in [-0.25, -0.2) is 0 Å². The number of carbonyl (C=O) groups is 1. The molecule has 1 amide bonds. The monoisotopic (exact) mass is 238 g/mol. The Kier molecular flexibility index (Phi) is 3.34. The highest BCUT2D eigenvalue weighted by Gasteiger charge is 2.39. The molecule has 3 aliphatic rings. The van der Waals surface area contributed by atoms with Crippen LogP contribution >= 0.6 is 0 Å². The predicted octanol–water partition coefficient (Wildman–Crippen LogP) is 0.908. The fourth-order valence-electron chi connectivity index (χ4n) is 3.59. The van der Waals surface area contributed by atoms with Crippen LogP contribution in [-0.4, -0.2) is 48.7 Å². The zero-order chi connectivity index (χ0) is 11.7. The van der Waals surface area contributed by atoms with Gasteiger partial charge in [0.25, 0.3) is 0 Å². The van der Waals surface area contributed by atoms with E-state index in [-0.39, 0.29) is 6.04 Å². The van der Waals surface area contributed by atoms with E-state index in [0.29, 0.717) is 31.0 Å². The third-order valence-electron chi connectivity index (χ3n) is 4.40. The average Bonchev–Trinajstić information content (AvgIpc) is 2.61. The summed E-state index contributed by atoms with van der Waals surface area (Å²) < 4.78 is 5.41. The van der Waals surface area contributed by atoms with Gasteiger partial charge in [-0.3, -0.25) is 4.79 Å². The summed E-state index contributed by atoms with van der Waals surface area (Å²) in [6, 6.07) is 1.33. The van der Waals surface area contributed by atoms with Crippen LogP contribution in [0.3, 0.4) is 0 Å². The Morgan fingerprint density at radius 1 is 1.24 bits per heavy atom. The summed E-state index contributed by atoms with van der Waals surface area (Å²) in [5.41, 5.74) is 0. The molecule has 4 nitrogen and oxygen atoms in total. The molecule has 3 atom stereocenters. The van der Waals surface area contributed by atoms with Gasteiger partial charge in [0, 0.05) is 31.1 Å². The third-order valence-corrected chi connectivity index (χ3v) is 4.40. The Morgan fingerprint density at radius 3 is 2.65 bits per heavy atom. The second-order valence-corrected chi connectivity index (χ2v) is 5.55. The van der Waals surface area contributed by atoms with Gasteiger partial charge in [-0.15, -0.1) is 0 Å². The van der Waals surface area contributed by atoms with Crippen LogP contribution in [-0.2, 0) is 9.53 Å². The number of ether oxygens (including phenoxy) is 1. The number of piperidine rings is 1. The Labute approximate surface area is 103 Å². The molecule has 3 saturated heterocycles. The van der Waals surface area contributed by atoms with E-state index in [1.54, 1.807) is 0 Å². The first-order valence-electron chi connectivity index (χ1n) is 6.97. The predicted molar refractivity (Wildman–Crippen MR) is 64.7 cm³/mol. The van der Waals surface area contributed by atoms with Crippen molar-refractivity contribution in [2.45, 2.75) is 56.7 Å². The lowest BCUT2D eigenvalue weighted by Crippen LogP contribution is -2.49. The van der Waals surface area contributed by atoms with Gasteiger partial charge in [0.05, 0.1) is 13.2 Å². The topological polar surface area (TPSA) is 41.6 Å². The molecule has 3 aliphatic heterocycles. The van der Waals surface area contributed by atoms with Crippen LogP contribution < -0.4 is 5.32 Å². The van der Waals surface area contributed by atoms with Gasteiger partial charge in [0.15, 0.2) is 0 Å². The van der Waals surface area contributed by atoms with Crippen molar-refractivity contribution in [1.29, 1.82) is 0 Å². The fourth-order valence-corrected chi connectivity index (χ4v) is 3.59. The lowest BCUT2D eigenvalue weighted by atomic mass is 10.0. The second-order valence-electron chi connectivity index (χ2n) is 5.55. The van der Waals surface area contributed by atoms with Crippen molar-refractivity contribution < 1.29 is 9.53 Å². The van der Waals surface area contributed by atoms with E-state index in [1.807, 2.05) is 0 Å². The van der Waals surface area contributed by atoms with Crippen molar-refractivity contribution >= 4 is 5.91 Å². The average molecular weight is 238 g/mol.